The molecule has 2 aliphatic rings. The number of benzene rings is 3. The molecule has 1 N–H and O–H groups in total. The van der Waals surface area contributed by atoms with Crippen molar-refractivity contribution < 1.29 is 9.47 Å². The molecular weight excluding hydrogens is 400 g/mol. The van der Waals surface area contributed by atoms with E-state index >= 15 is 0 Å². The van der Waals surface area contributed by atoms with Gasteiger partial charge in [0.05, 0.1) is 12.3 Å². The third kappa shape index (κ3) is 2.95. The van der Waals surface area contributed by atoms with Crippen LogP contribution in [0.5, 0.6) is 11.5 Å². The van der Waals surface area contributed by atoms with Gasteiger partial charge in [0, 0.05) is 11.1 Å². The topological polar surface area (TPSA) is 61.2 Å². The molecule has 0 unspecified atom stereocenters. The number of anilines is 1. The number of fused-ring (bicyclic) bond motifs is 3. The summed E-state index contributed by atoms with van der Waals surface area (Å²) < 4.78 is 14.2. The second kappa shape index (κ2) is 7.57. The van der Waals surface area contributed by atoms with Crippen LogP contribution in [0.15, 0.2) is 90.8 Å². The van der Waals surface area contributed by atoms with E-state index in [1.54, 1.807) is 6.33 Å². The predicted molar refractivity (Wildman–Crippen MR) is 123 cm³/mol. The lowest BCUT2D eigenvalue weighted by molar-refractivity contribution is 0.223. The van der Waals surface area contributed by atoms with Crippen LogP contribution in [0, 0.1) is 0 Å². The van der Waals surface area contributed by atoms with Crippen molar-refractivity contribution >= 4 is 11.6 Å². The normalized spacial score (nSPS) is 18.7. The van der Waals surface area contributed by atoms with Crippen molar-refractivity contribution in [2.45, 2.75) is 19.1 Å². The van der Waals surface area contributed by atoms with E-state index < -0.39 is 0 Å². The zero-order valence-electron chi connectivity index (χ0n) is 17.6. The van der Waals surface area contributed by atoms with Crippen LogP contribution in [0.25, 0.3) is 5.70 Å². The summed E-state index contributed by atoms with van der Waals surface area (Å²) >= 11 is 0. The van der Waals surface area contributed by atoms with Crippen LogP contribution in [-0.2, 0) is 0 Å². The summed E-state index contributed by atoms with van der Waals surface area (Å²) in [6.45, 7) is 2.62. The van der Waals surface area contributed by atoms with E-state index in [9.17, 15) is 0 Å². The first-order chi connectivity index (χ1) is 15.8. The Kier molecular flexibility index (Phi) is 4.42. The van der Waals surface area contributed by atoms with Crippen LogP contribution in [0.2, 0.25) is 0 Å². The summed E-state index contributed by atoms with van der Waals surface area (Å²) in [5.74, 6) is 2.42. The largest absolute Gasteiger partial charge is 0.494 e. The zero-order valence-corrected chi connectivity index (χ0v) is 17.6. The van der Waals surface area contributed by atoms with Gasteiger partial charge < -0.3 is 14.8 Å². The molecule has 6 rings (SSSR count). The smallest absolute Gasteiger partial charge is 0.226 e. The van der Waals surface area contributed by atoms with Gasteiger partial charge in [0.2, 0.25) is 5.95 Å². The minimum Gasteiger partial charge on any atom is -0.494 e. The number of rotatable bonds is 4. The van der Waals surface area contributed by atoms with Gasteiger partial charge in [-0.3, -0.25) is 0 Å². The summed E-state index contributed by atoms with van der Waals surface area (Å²) in [5.41, 5.74) is 5.35. The fourth-order valence-corrected chi connectivity index (χ4v) is 4.55. The number of hydrogen-bond acceptors (Lipinski definition) is 5. The average molecular weight is 422 g/mol. The predicted octanol–water partition coefficient (Wildman–Crippen LogP) is 5.24. The fourth-order valence-electron chi connectivity index (χ4n) is 4.55. The van der Waals surface area contributed by atoms with Gasteiger partial charge >= 0.3 is 0 Å². The lowest BCUT2D eigenvalue weighted by Crippen LogP contribution is -2.32. The Balaban J connectivity index is 1.57. The van der Waals surface area contributed by atoms with Crippen LogP contribution < -0.4 is 14.8 Å². The maximum atomic E-state index is 6.63. The van der Waals surface area contributed by atoms with Gasteiger partial charge in [-0.1, -0.05) is 54.6 Å². The zero-order chi connectivity index (χ0) is 21.5. The average Bonchev–Trinajstić information content (AvgIpc) is 3.32. The number of hydrogen-bond donors (Lipinski definition) is 1. The SMILES string of the molecule is CCOc1ccc([C@H]2Oc3ccccc3C3=C2[C@H](c2ccccc2)n2ncnc2N3)cc1. The molecule has 158 valence electrons. The van der Waals surface area contributed by atoms with Gasteiger partial charge in [0.25, 0.3) is 0 Å². The van der Waals surface area contributed by atoms with Gasteiger partial charge in [0.15, 0.2) is 0 Å². The lowest BCUT2D eigenvalue weighted by Gasteiger charge is -2.39. The highest BCUT2D eigenvalue weighted by Crippen LogP contribution is 2.50. The van der Waals surface area contributed by atoms with Crippen molar-refractivity contribution in [1.82, 2.24) is 14.8 Å². The molecule has 0 saturated carbocycles. The number of aromatic nitrogens is 3. The number of nitrogens with one attached hydrogen (secondary N) is 1. The van der Waals surface area contributed by atoms with Crippen molar-refractivity contribution in [3.63, 3.8) is 0 Å². The minimum atomic E-state index is -0.286. The molecule has 0 spiro atoms. The Morgan fingerprint density at radius 2 is 1.72 bits per heavy atom. The maximum Gasteiger partial charge on any atom is 0.226 e. The molecule has 32 heavy (non-hydrogen) atoms. The Hall–Kier alpha value is -4.06. The molecule has 0 radical (unpaired) electrons. The molecule has 2 atom stereocenters. The van der Waals surface area contributed by atoms with Gasteiger partial charge in [-0.2, -0.15) is 10.1 Å². The van der Waals surface area contributed by atoms with Crippen LogP contribution in [0.4, 0.5) is 5.95 Å². The Morgan fingerprint density at radius 1 is 0.938 bits per heavy atom. The van der Waals surface area contributed by atoms with E-state index in [0.717, 1.165) is 45.4 Å². The van der Waals surface area contributed by atoms with E-state index in [1.807, 2.05) is 48.0 Å². The van der Waals surface area contributed by atoms with Crippen LogP contribution in [0.1, 0.15) is 35.8 Å². The van der Waals surface area contributed by atoms with Crippen molar-refractivity contribution in [1.29, 1.82) is 0 Å². The Labute approximate surface area is 186 Å². The summed E-state index contributed by atoms with van der Waals surface area (Å²) in [5, 5.41) is 8.09. The van der Waals surface area contributed by atoms with Crippen molar-refractivity contribution in [2.75, 3.05) is 11.9 Å². The van der Waals surface area contributed by atoms with E-state index in [0.29, 0.717) is 6.61 Å². The standard InChI is InChI=1S/C26H22N4O2/c1-2-31-19-14-12-18(13-15-19)25-22-23(20-10-6-7-11-21(20)32-25)29-26-27-16-28-30(26)24(22)17-8-4-3-5-9-17/h3-16,24-25H,2H2,1H3,(H,27,28,29)/t24-,25+/m0/s1. The van der Waals surface area contributed by atoms with E-state index in [1.165, 1.54) is 0 Å². The fraction of sp³-hybridized carbons (Fsp3) is 0.154. The molecule has 6 heteroatoms. The summed E-state index contributed by atoms with van der Waals surface area (Å²) in [6.07, 6.45) is 1.31. The van der Waals surface area contributed by atoms with Gasteiger partial charge in [0.1, 0.15) is 30.0 Å². The van der Waals surface area contributed by atoms with Gasteiger partial charge in [-0.05, 0) is 42.3 Å². The summed E-state index contributed by atoms with van der Waals surface area (Å²) in [4.78, 5) is 4.48. The second-order valence-electron chi connectivity index (χ2n) is 7.79. The molecule has 0 saturated heterocycles. The molecule has 0 amide bonds. The maximum absolute atomic E-state index is 6.63. The molecule has 1 aromatic heterocycles. The van der Waals surface area contributed by atoms with E-state index in [4.69, 9.17) is 9.47 Å². The van der Waals surface area contributed by atoms with Crippen molar-refractivity contribution in [3.8, 4) is 11.5 Å². The summed E-state index contributed by atoms with van der Waals surface area (Å²) in [6, 6.07) is 26.5. The third-order valence-electron chi connectivity index (χ3n) is 5.93. The number of nitrogens with zero attached hydrogens (tertiary/aromatic N) is 3. The second-order valence-corrected chi connectivity index (χ2v) is 7.79. The quantitative estimate of drug-likeness (QED) is 0.488. The number of ether oxygens (including phenoxy) is 2. The molecule has 3 heterocycles. The monoisotopic (exact) mass is 422 g/mol. The molecule has 6 nitrogen and oxygen atoms in total. The first-order valence-corrected chi connectivity index (χ1v) is 10.8. The Morgan fingerprint density at radius 3 is 2.53 bits per heavy atom. The molecule has 4 aromatic rings. The molecule has 0 fully saturated rings. The Bertz CT molecular complexity index is 1290. The third-order valence-corrected chi connectivity index (χ3v) is 5.93. The van der Waals surface area contributed by atoms with Crippen LogP contribution >= 0.6 is 0 Å². The molecule has 0 bridgehead atoms. The van der Waals surface area contributed by atoms with E-state index in [-0.39, 0.29) is 12.1 Å². The molecule has 3 aromatic carbocycles. The highest BCUT2D eigenvalue weighted by atomic mass is 16.5. The minimum absolute atomic E-state index is 0.144. The number of para-hydroxylation sites is 1. The molecule has 0 aliphatic carbocycles. The first kappa shape index (κ1) is 18.7. The molecule has 2 aliphatic heterocycles. The van der Waals surface area contributed by atoms with Crippen LogP contribution in [0.3, 0.4) is 0 Å². The van der Waals surface area contributed by atoms with Crippen molar-refractivity contribution in [3.05, 3.63) is 107 Å². The summed E-state index contributed by atoms with van der Waals surface area (Å²) in [7, 11) is 0. The first-order valence-electron chi connectivity index (χ1n) is 10.8. The molecular formula is C26H22N4O2. The van der Waals surface area contributed by atoms with Crippen LogP contribution in [-0.4, -0.2) is 21.4 Å². The highest BCUT2D eigenvalue weighted by molar-refractivity contribution is 5.85. The van der Waals surface area contributed by atoms with Gasteiger partial charge in [-0.15, -0.1) is 0 Å². The van der Waals surface area contributed by atoms with Gasteiger partial charge in [-0.25, -0.2) is 4.68 Å². The lowest BCUT2D eigenvalue weighted by atomic mass is 9.84. The van der Waals surface area contributed by atoms with Crippen molar-refractivity contribution in [2.24, 2.45) is 0 Å². The highest BCUT2D eigenvalue weighted by Gasteiger charge is 2.40. The van der Waals surface area contributed by atoms with E-state index in [2.05, 4.69) is 57.9 Å².